The third-order valence-electron chi connectivity index (χ3n) is 4.93. The first-order chi connectivity index (χ1) is 14.0. The second kappa shape index (κ2) is 8.26. The molecule has 1 saturated heterocycles. The highest BCUT2D eigenvalue weighted by Crippen LogP contribution is 2.21. The van der Waals surface area contributed by atoms with Crippen molar-refractivity contribution in [3.8, 4) is 0 Å². The van der Waals surface area contributed by atoms with Crippen LogP contribution in [0.5, 0.6) is 0 Å². The van der Waals surface area contributed by atoms with Gasteiger partial charge in [0, 0.05) is 52.2 Å². The molecule has 1 aliphatic heterocycles. The van der Waals surface area contributed by atoms with E-state index in [0.717, 1.165) is 18.7 Å². The predicted octanol–water partition coefficient (Wildman–Crippen LogP) is 2.48. The molecule has 0 bridgehead atoms. The molecule has 7 nitrogen and oxygen atoms in total. The number of piperazine rings is 1. The van der Waals surface area contributed by atoms with Crippen molar-refractivity contribution in [2.45, 2.75) is 6.54 Å². The van der Waals surface area contributed by atoms with E-state index in [1.54, 1.807) is 31.4 Å². The summed E-state index contributed by atoms with van der Waals surface area (Å²) in [5.41, 5.74) is 3.02. The van der Waals surface area contributed by atoms with Crippen molar-refractivity contribution in [2.24, 2.45) is 4.99 Å². The van der Waals surface area contributed by atoms with E-state index < -0.39 is 5.95 Å². The van der Waals surface area contributed by atoms with Gasteiger partial charge in [-0.25, -0.2) is 4.98 Å². The molecule has 0 saturated carbocycles. The lowest BCUT2D eigenvalue weighted by atomic mass is 10.2. The van der Waals surface area contributed by atoms with Crippen molar-refractivity contribution in [1.29, 1.82) is 0 Å². The quantitative estimate of drug-likeness (QED) is 0.524. The number of nitrogens with one attached hydrogen (secondary N) is 1. The highest BCUT2D eigenvalue weighted by atomic mass is 35.5. The fourth-order valence-electron chi connectivity index (χ4n) is 3.47. The van der Waals surface area contributed by atoms with Gasteiger partial charge in [-0.15, -0.1) is 0 Å². The Hall–Kier alpha value is -2.84. The number of H-pyrrole nitrogens is 1. The lowest BCUT2D eigenvalue weighted by molar-refractivity contribution is 0.249. The van der Waals surface area contributed by atoms with Gasteiger partial charge in [0.15, 0.2) is 0 Å². The SMILES string of the molecule is C/N=C\c1ccc(N2CCN(Cc3cnc4cc(Cl)c(=O)[nH]c4c3)CC2)c(F)n1. The van der Waals surface area contributed by atoms with Gasteiger partial charge >= 0.3 is 0 Å². The first-order valence-corrected chi connectivity index (χ1v) is 9.65. The van der Waals surface area contributed by atoms with Crippen LogP contribution < -0.4 is 10.5 Å². The zero-order chi connectivity index (χ0) is 20.4. The van der Waals surface area contributed by atoms with Crippen molar-refractivity contribution in [3.63, 3.8) is 0 Å². The minimum atomic E-state index is -0.475. The molecule has 1 fully saturated rings. The van der Waals surface area contributed by atoms with Crippen LogP contribution in [0.15, 0.2) is 40.2 Å². The summed E-state index contributed by atoms with van der Waals surface area (Å²) in [7, 11) is 1.63. The zero-order valence-corrected chi connectivity index (χ0v) is 16.7. The van der Waals surface area contributed by atoms with E-state index in [2.05, 4.69) is 24.8 Å². The van der Waals surface area contributed by atoms with Crippen molar-refractivity contribution in [1.82, 2.24) is 19.9 Å². The molecule has 0 unspecified atom stereocenters. The second-order valence-electron chi connectivity index (χ2n) is 6.92. The average Bonchev–Trinajstić information content (AvgIpc) is 2.70. The second-order valence-corrected chi connectivity index (χ2v) is 7.33. The third-order valence-corrected chi connectivity index (χ3v) is 5.22. The number of fused-ring (bicyclic) bond motifs is 1. The van der Waals surface area contributed by atoms with Gasteiger partial charge in [0.2, 0.25) is 5.95 Å². The van der Waals surface area contributed by atoms with E-state index >= 15 is 0 Å². The van der Waals surface area contributed by atoms with Gasteiger partial charge in [0.25, 0.3) is 5.56 Å². The fourth-order valence-corrected chi connectivity index (χ4v) is 3.62. The first-order valence-electron chi connectivity index (χ1n) is 9.27. The van der Waals surface area contributed by atoms with E-state index in [9.17, 15) is 9.18 Å². The van der Waals surface area contributed by atoms with Crippen molar-refractivity contribution < 1.29 is 4.39 Å². The number of aromatic nitrogens is 3. The number of anilines is 1. The van der Waals surface area contributed by atoms with E-state index in [0.29, 0.717) is 42.0 Å². The Morgan fingerprint density at radius 2 is 2.07 bits per heavy atom. The number of aliphatic imine (C=N–C) groups is 1. The van der Waals surface area contributed by atoms with Gasteiger partial charge in [-0.05, 0) is 29.8 Å². The number of rotatable bonds is 4. The molecule has 0 amide bonds. The number of hydrogen-bond donors (Lipinski definition) is 1. The minimum Gasteiger partial charge on any atom is -0.365 e. The maximum atomic E-state index is 14.3. The molecular weight excluding hydrogens is 395 g/mol. The minimum absolute atomic E-state index is 0.130. The summed E-state index contributed by atoms with van der Waals surface area (Å²) < 4.78 is 14.3. The van der Waals surface area contributed by atoms with Crippen LogP contribution >= 0.6 is 11.6 Å². The normalized spacial score (nSPS) is 15.5. The molecule has 29 heavy (non-hydrogen) atoms. The average molecular weight is 415 g/mol. The molecule has 0 atom stereocenters. The smallest absolute Gasteiger partial charge is 0.267 e. The number of aromatic amines is 1. The van der Waals surface area contributed by atoms with Crippen LogP contribution in [0.2, 0.25) is 5.02 Å². The Labute approximate surface area is 171 Å². The van der Waals surface area contributed by atoms with Crippen LogP contribution in [0.4, 0.5) is 10.1 Å². The Bertz CT molecular complexity index is 1120. The van der Waals surface area contributed by atoms with Gasteiger partial charge in [-0.3, -0.25) is 19.7 Å². The van der Waals surface area contributed by atoms with Gasteiger partial charge < -0.3 is 9.88 Å². The summed E-state index contributed by atoms with van der Waals surface area (Å²) in [6.07, 6.45) is 3.32. The molecule has 150 valence electrons. The predicted molar refractivity (Wildman–Crippen MR) is 113 cm³/mol. The molecule has 1 aliphatic rings. The maximum Gasteiger partial charge on any atom is 0.267 e. The largest absolute Gasteiger partial charge is 0.365 e. The van der Waals surface area contributed by atoms with Gasteiger partial charge in [0.1, 0.15) is 5.02 Å². The van der Waals surface area contributed by atoms with E-state index in [4.69, 9.17) is 11.6 Å². The van der Waals surface area contributed by atoms with Crippen LogP contribution in [0.3, 0.4) is 0 Å². The molecule has 4 rings (SSSR count). The van der Waals surface area contributed by atoms with E-state index in [1.807, 2.05) is 11.0 Å². The number of nitrogens with zero attached hydrogens (tertiary/aromatic N) is 5. The van der Waals surface area contributed by atoms with Crippen molar-refractivity contribution in [3.05, 3.63) is 63.0 Å². The standard InChI is InChI=1S/C20H20ClFN6O/c1-23-11-14-2-3-18(19(22)25-14)28-6-4-27(5-7-28)12-13-8-17-16(24-10-13)9-15(21)20(29)26-17/h2-3,8-11H,4-7,12H2,1H3,(H,26,29)/b23-11-. The Morgan fingerprint density at radius 3 is 2.79 bits per heavy atom. The van der Waals surface area contributed by atoms with Gasteiger partial charge in [-0.2, -0.15) is 4.39 Å². The molecule has 0 radical (unpaired) electrons. The molecule has 0 aromatic carbocycles. The summed E-state index contributed by atoms with van der Waals surface area (Å²) >= 11 is 5.85. The Kier molecular flexibility index (Phi) is 5.55. The summed E-state index contributed by atoms with van der Waals surface area (Å²) in [5.74, 6) is -0.475. The fraction of sp³-hybridized carbons (Fsp3) is 0.300. The van der Waals surface area contributed by atoms with Crippen LogP contribution in [0.25, 0.3) is 11.0 Å². The van der Waals surface area contributed by atoms with Crippen molar-refractivity contribution >= 4 is 34.5 Å². The van der Waals surface area contributed by atoms with Crippen LogP contribution in [-0.4, -0.2) is 59.3 Å². The Morgan fingerprint density at radius 1 is 1.28 bits per heavy atom. The topological polar surface area (TPSA) is 77.5 Å². The lowest BCUT2D eigenvalue weighted by Crippen LogP contribution is -2.46. The summed E-state index contributed by atoms with van der Waals surface area (Å²) in [4.78, 5) is 30.9. The number of halogens is 2. The highest BCUT2D eigenvalue weighted by molar-refractivity contribution is 6.30. The summed E-state index contributed by atoms with van der Waals surface area (Å²) in [6.45, 7) is 3.67. The molecular formula is C20H20ClFN6O. The monoisotopic (exact) mass is 414 g/mol. The summed E-state index contributed by atoms with van der Waals surface area (Å²) in [5, 5.41) is 0.130. The molecule has 4 heterocycles. The molecule has 0 aliphatic carbocycles. The lowest BCUT2D eigenvalue weighted by Gasteiger charge is -2.36. The first kappa shape index (κ1) is 19.5. The van der Waals surface area contributed by atoms with E-state index in [1.165, 1.54) is 6.21 Å². The van der Waals surface area contributed by atoms with Crippen LogP contribution in [-0.2, 0) is 6.54 Å². The zero-order valence-electron chi connectivity index (χ0n) is 15.9. The molecule has 3 aromatic heterocycles. The molecule has 9 heteroatoms. The summed E-state index contributed by atoms with van der Waals surface area (Å²) in [6, 6.07) is 7.01. The highest BCUT2D eigenvalue weighted by Gasteiger charge is 2.20. The van der Waals surface area contributed by atoms with Crippen LogP contribution in [0.1, 0.15) is 11.3 Å². The van der Waals surface area contributed by atoms with E-state index in [-0.39, 0.29) is 10.6 Å². The number of hydrogen-bond acceptors (Lipinski definition) is 6. The molecule has 1 N–H and O–H groups in total. The third kappa shape index (κ3) is 4.28. The molecule has 3 aromatic rings. The van der Waals surface area contributed by atoms with Crippen molar-refractivity contribution in [2.75, 3.05) is 38.1 Å². The van der Waals surface area contributed by atoms with Crippen LogP contribution in [0, 0.1) is 5.95 Å². The maximum absolute atomic E-state index is 14.3. The Balaban J connectivity index is 1.42. The van der Waals surface area contributed by atoms with Gasteiger partial charge in [-0.1, -0.05) is 11.6 Å². The number of pyridine rings is 3. The molecule has 0 spiro atoms. The van der Waals surface area contributed by atoms with Gasteiger partial charge in [0.05, 0.1) is 22.4 Å².